The van der Waals surface area contributed by atoms with Gasteiger partial charge in [-0.1, -0.05) is 0 Å². The molecule has 70 valence electrons. The normalized spacial score (nSPS) is 22.8. The Bertz CT molecular complexity index is 308. The molecule has 0 spiro atoms. The third-order valence-electron chi connectivity index (χ3n) is 1.98. The molecule has 1 saturated heterocycles. The van der Waals surface area contributed by atoms with Crippen molar-refractivity contribution in [3.8, 4) is 0 Å². The maximum atomic E-state index is 10.8. The molecule has 2 rings (SSSR count). The lowest BCUT2D eigenvalue weighted by molar-refractivity contribution is -0.134. The van der Waals surface area contributed by atoms with E-state index in [2.05, 4.69) is 5.32 Å². The number of aryl methyl sites for hydroxylation is 1. The molecule has 1 N–H and O–H groups in total. The van der Waals surface area contributed by atoms with Gasteiger partial charge in [-0.05, 0) is 19.1 Å². The van der Waals surface area contributed by atoms with E-state index in [1.165, 1.54) is 0 Å². The number of rotatable bonds is 1. The lowest BCUT2D eigenvalue weighted by atomic mass is 10.2. The van der Waals surface area contributed by atoms with Crippen molar-refractivity contribution in [3.63, 3.8) is 0 Å². The van der Waals surface area contributed by atoms with E-state index in [9.17, 15) is 4.79 Å². The molecule has 1 aliphatic heterocycles. The van der Waals surface area contributed by atoms with Crippen LogP contribution in [0.1, 0.15) is 17.6 Å². The molecular weight excluding hydrogens is 170 g/mol. The molecule has 0 saturated carbocycles. The van der Waals surface area contributed by atoms with E-state index in [1.807, 2.05) is 19.1 Å². The minimum absolute atomic E-state index is 0.0699. The van der Waals surface area contributed by atoms with E-state index in [1.54, 1.807) is 0 Å². The predicted octanol–water partition coefficient (Wildman–Crippen LogP) is 0.776. The zero-order valence-electron chi connectivity index (χ0n) is 7.37. The maximum absolute atomic E-state index is 10.8. The number of carbonyl (C=O) groups excluding carboxylic acids is 1. The Morgan fingerprint density at radius 1 is 1.54 bits per heavy atom. The van der Waals surface area contributed by atoms with E-state index in [0.29, 0.717) is 6.54 Å². The first-order valence-electron chi connectivity index (χ1n) is 4.20. The Hall–Kier alpha value is -1.29. The van der Waals surface area contributed by atoms with Gasteiger partial charge in [0.15, 0.2) is 0 Å². The molecule has 2 heterocycles. The van der Waals surface area contributed by atoms with Crippen LogP contribution < -0.4 is 5.32 Å². The van der Waals surface area contributed by atoms with E-state index in [4.69, 9.17) is 9.15 Å². The minimum Gasteiger partial charge on any atom is -0.464 e. The van der Waals surface area contributed by atoms with Crippen LogP contribution in [0, 0.1) is 6.92 Å². The Morgan fingerprint density at radius 2 is 2.38 bits per heavy atom. The van der Waals surface area contributed by atoms with Crippen LogP contribution in [0.25, 0.3) is 0 Å². The molecule has 0 radical (unpaired) electrons. The highest BCUT2D eigenvalue weighted by molar-refractivity contribution is 5.77. The van der Waals surface area contributed by atoms with E-state index in [-0.39, 0.29) is 18.6 Å². The summed E-state index contributed by atoms with van der Waals surface area (Å²) >= 11 is 0. The van der Waals surface area contributed by atoms with Crippen LogP contribution in [-0.4, -0.2) is 19.1 Å². The number of amides is 1. The summed E-state index contributed by atoms with van der Waals surface area (Å²) < 4.78 is 10.7. The van der Waals surface area contributed by atoms with Gasteiger partial charge in [-0.3, -0.25) is 4.79 Å². The SMILES string of the molecule is Cc1ccc(C2CNC(=O)CO2)o1. The Kier molecular flexibility index (Phi) is 2.06. The fraction of sp³-hybridized carbons (Fsp3) is 0.444. The van der Waals surface area contributed by atoms with Crippen molar-refractivity contribution in [1.82, 2.24) is 5.32 Å². The second-order valence-corrected chi connectivity index (χ2v) is 3.05. The average molecular weight is 181 g/mol. The molecule has 1 aromatic heterocycles. The molecule has 1 aromatic rings. The summed E-state index contributed by atoms with van der Waals surface area (Å²) in [4.78, 5) is 10.8. The monoisotopic (exact) mass is 181 g/mol. The van der Waals surface area contributed by atoms with Gasteiger partial charge in [-0.15, -0.1) is 0 Å². The molecule has 1 atom stereocenters. The van der Waals surface area contributed by atoms with Crippen molar-refractivity contribution < 1.29 is 13.9 Å². The minimum atomic E-state index is -0.133. The van der Waals surface area contributed by atoms with E-state index >= 15 is 0 Å². The predicted molar refractivity (Wildman–Crippen MR) is 45.1 cm³/mol. The number of hydrogen-bond acceptors (Lipinski definition) is 3. The van der Waals surface area contributed by atoms with Gasteiger partial charge in [0.2, 0.25) is 5.91 Å². The van der Waals surface area contributed by atoms with Crippen LogP contribution in [0.4, 0.5) is 0 Å². The van der Waals surface area contributed by atoms with Crippen LogP contribution in [0.3, 0.4) is 0 Å². The Morgan fingerprint density at radius 3 is 2.92 bits per heavy atom. The zero-order chi connectivity index (χ0) is 9.26. The molecule has 1 aliphatic rings. The second kappa shape index (κ2) is 3.22. The lowest BCUT2D eigenvalue weighted by Crippen LogP contribution is -2.38. The van der Waals surface area contributed by atoms with E-state index in [0.717, 1.165) is 11.5 Å². The Labute approximate surface area is 75.9 Å². The summed E-state index contributed by atoms with van der Waals surface area (Å²) in [7, 11) is 0. The molecule has 4 heteroatoms. The molecule has 13 heavy (non-hydrogen) atoms. The van der Waals surface area contributed by atoms with Gasteiger partial charge in [0, 0.05) is 0 Å². The van der Waals surface area contributed by atoms with Crippen LogP contribution in [0.15, 0.2) is 16.5 Å². The fourth-order valence-electron chi connectivity index (χ4n) is 1.30. The van der Waals surface area contributed by atoms with Crippen molar-refractivity contribution in [1.29, 1.82) is 0 Å². The molecule has 0 aliphatic carbocycles. The first kappa shape index (κ1) is 8.31. The smallest absolute Gasteiger partial charge is 0.246 e. The van der Waals surface area contributed by atoms with Crippen LogP contribution >= 0.6 is 0 Å². The lowest BCUT2D eigenvalue weighted by Gasteiger charge is -2.21. The van der Waals surface area contributed by atoms with Gasteiger partial charge in [0.25, 0.3) is 0 Å². The second-order valence-electron chi connectivity index (χ2n) is 3.05. The van der Waals surface area contributed by atoms with Crippen LogP contribution in [-0.2, 0) is 9.53 Å². The largest absolute Gasteiger partial charge is 0.464 e. The van der Waals surface area contributed by atoms with Crippen LogP contribution in [0.2, 0.25) is 0 Å². The summed E-state index contributed by atoms with van der Waals surface area (Å²) in [6, 6.07) is 3.76. The highest BCUT2D eigenvalue weighted by Gasteiger charge is 2.22. The highest BCUT2D eigenvalue weighted by Crippen LogP contribution is 2.20. The molecular formula is C9H11NO3. The summed E-state index contributed by atoms with van der Waals surface area (Å²) in [6.07, 6.45) is -0.133. The average Bonchev–Trinajstić information content (AvgIpc) is 2.53. The van der Waals surface area contributed by atoms with Gasteiger partial charge in [-0.2, -0.15) is 0 Å². The Balaban J connectivity index is 2.06. The molecule has 1 unspecified atom stereocenters. The summed E-state index contributed by atoms with van der Waals surface area (Å²) in [5.74, 6) is 1.56. The zero-order valence-corrected chi connectivity index (χ0v) is 7.37. The number of furan rings is 1. The van der Waals surface area contributed by atoms with Crippen LogP contribution in [0.5, 0.6) is 0 Å². The molecule has 4 nitrogen and oxygen atoms in total. The highest BCUT2D eigenvalue weighted by atomic mass is 16.5. The van der Waals surface area contributed by atoms with Crippen molar-refractivity contribution in [2.45, 2.75) is 13.0 Å². The standard InChI is InChI=1S/C9H11NO3/c1-6-2-3-7(13-6)8-4-10-9(11)5-12-8/h2-3,8H,4-5H2,1H3,(H,10,11). The molecule has 0 aromatic carbocycles. The van der Waals surface area contributed by atoms with Crippen molar-refractivity contribution in [2.75, 3.05) is 13.2 Å². The number of ether oxygens (including phenoxy) is 1. The van der Waals surface area contributed by atoms with Gasteiger partial charge in [0.1, 0.15) is 24.2 Å². The summed E-state index contributed by atoms with van der Waals surface area (Å²) in [6.45, 7) is 2.49. The first-order chi connectivity index (χ1) is 6.25. The number of hydrogen-bond donors (Lipinski definition) is 1. The summed E-state index contributed by atoms with van der Waals surface area (Å²) in [5.41, 5.74) is 0. The van der Waals surface area contributed by atoms with Gasteiger partial charge in [0.05, 0.1) is 6.54 Å². The molecule has 1 fully saturated rings. The van der Waals surface area contributed by atoms with Gasteiger partial charge < -0.3 is 14.5 Å². The van der Waals surface area contributed by atoms with Crippen molar-refractivity contribution in [2.24, 2.45) is 0 Å². The number of nitrogens with one attached hydrogen (secondary N) is 1. The molecule has 0 bridgehead atoms. The van der Waals surface area contributed by atoms with Gasteiger partial charge >= 0.3 is 0 Å². The molecule has 1 amide bonds. The fourth-order valence-corrected chi connectivity index (χ4v) is 1.30. The van der Waals surface area contributed by atoms with Crippen molar-refractivity contribution in [3.05, 3.63) is 23.7 Å². The third kappa shape index (κ3) is 1.72. The quantitative estimate of drug-likeness (QED) is 0.696. The maximum Gasteiger partial charge on any atom is 0.246 e. The first-order valence-corrected chi connectivity index (χ1v) is 4.20. The number of carbonyl (C=O) groups is 1. The van der Waals surface area contributed by atoms with Gasteiger partial charge in [-0.25, -0.2) is 0 Å². The van der Waals surface area contributed by atoms with Crippen molar-refractivity contribution >= 4 is 5.91 Å². The summed E-state index contributed by atoms with van der Waals surface area (Å²) in [5, 5.41) is 2.72. The third-order valence-corrected chi connectivity index (χ3v) is 1.98. The number of morpholine rings is 1. The van der Waals surface area contributed by atoms with E-state index < -0.39 is 0 Å². The topological polar surface area (TPSA) is 51.5 Å².